The molecule has 0 aliphatic heterocycles. The summed E-state index contributed by atoms with van der Waals surface area (Å²) in [6.07, 6.45) is 2.75. The zero-order valence-electron chi connectivity index (χ0n) is 32.9. The topological polar surface area (TPSA) is 282 Å². The number of aryl methyl sites for hydroxylation is 3. The van der Waals surface area contributed by atoms with Gasteiger partial charge in [-0.1, -0.05) is 54.0 Å². The average molecular weight is 1160 g/mol. The second kappa shape index (κ2) is 20.4. The highest BCUT2D eigenvalue weighted by Gasteiger charge is 2.24. The molecule has 0 saturated carbocycles. The second-order valence-electron chi connectivity index (χ2n) is 12.8. The Hall–Kier alpha value is -4.71. The van der Waals surface area contributed by atoms with Crippen molar-refractivity contribution in [3.63, 3.8) is 0 Å². The third-order valence-corrected chi connectivity index (χ3v) is 11.8. The predicted octanol–water partition coefficient (Wildman–Crippen LogP) is 5.67. The Morgan fingerprint density at radius 1 is 0.508 bits per heavy atom. The number of halogens is 6. The molecule has 0 unspecified atom stereocenters. The van der Waals surface area contributed by atoms with Gasteiger partial charge >= 0.3 is 0 Å². The lowest BCUT2D eigenvalue weighted by Crippen LogP contribution is -2.17. The van der Waals surface area contributed by atoms with Crippen molar-refractivity contribution in [1.82, 2.24) is 43.2 Å². The van der Waals surface area contributed by atoms with Crippen LogP contribution in [0.25, 0.3) is 0 Å². The van der Waals surface area contributed by atoms with Crippen LogP contribution in [0, 0.1) is 26.6 Å². The van der Waals surface area contributed by atoms with Crippen LogP contribution >= 0.6 is 71.0 Å². The molecule has 0 aliphatic carbocycles. The van der Waals surface area contributed by atoms with Gasteiger partial charge in [-0.05, 0) is 122 Å². The van der Waals surface area contributed by atoms with Crippen LogP contribution in [-0.2, 0) is 30.1 Å². The smallest absolute Gasteiger partial charge is 0.279 e. The first-order valence-corrected chi connectivity index (χ1v) is 25.5. The largest absolute Gasteiger partial charge is 0.319 e. The Balaban J connectivity index is 0.000000207. The second-order valence-corrected chi connectivity index (χ2v) is 21.2. The van der Waals surface area contributed by atoms with E-state index in [2.05, 4.69) is 94.3 Å². The van der Waals surface area contributed by atoms with Gasteiger partial charge in [0.05, 0.1) is 45.9 Å². The van der Waals surface area contributed by atoms with Crippen LogP contribution in [0.3, 0.4) is 0 Å². The zero-order valence-corrected chi connectivity index (χ0v) is 41.6. The van der Waals surface area contributed by atoms with Crippen molar-refractivity contribution < 1.29 is 44.0 Å². The lowest BCUT2D eigenvalue weighted by atomic mass is 10.2. The number of nitrogens with one attached hydrogen (secondary N) is 3. The average Bonchev–Trinajstić information content (AvgIpc) is 3.88. The van der Waals surface area contributed by atoms with Crippen molar-refractivity contribution in [2.75, 3.05) is 34.7 Å². The van der Waals surface area contributed by atoms with E-state index in [0.29, 0.717) is 39.6 Å². The van der Waals surface area contributed by atoms with Crippen LogP contribution in [0.4, 0.5) is 21.5 Å². The number of aromatic nitrogens is 9. The van der Waals surface area contributed by atoms with Gasteiger partial charge < -0.3 is 16.0 Å². The minimum Gasteiger partial charge on any atom is -0.319 e. The molecule has 3 heterocycles. The molecule has 0 aliphatic rings. The maximum atomic E-state index is 13.7. The number of anilines is 3. The molecular formula is C33H30Br3Cl2FN12O9S3. The molecule has 0 fully saturated rings. The van der Waals surface area contributed by atoms with E-state index in [1.807, 2.05) is 13.8 Å². The first kappa shape index (κ1) is 50.9. The van der Waals surface area contributed by atoms with Gasteiger partial charge in [0.15, 0.2) is 30.9 Å². The molecule has 0 spiro atoms. The van der Waals surface area contributed by atoms with Crippen LogP contribution < -0.4 is 16.0 Å². The van der Waals surface area contributed by atoms with Crippen molar-refractivity contribution in [1.29, 1.82) is 0 Å². The lowest BCUT2D eigenvalue weighted by Gasteiger charge is -2.06. The number of hydrogen-bond acceptors (Lipinski definition) is 15. The summed E-state index contributed by atoms with van der Waals surface area (Å²) in [7, 11) is -11.0. The van der Waals surface area contributed by atoms with Gasteiger partial charge in [0.2, 0.25) is 0 Å². The zero-order chi connectivity index (χ0) is 47.4. The van der Waals surface area contributed by atoms with E-state index in [4.69, 9.17) is 23.2 Å². The van der Waals surface area contributed by atoms with Crippen LogP contribution in [0.15, 0.2) is 68.4 Å². The lowest BCUT2D eigenvalue weighted by molar-refractivity contribution is 0.101. The van der Waals surface area contributed by atoms with Crippen molar-refractivity contribution in [2.45, 2.75) is 20.8 Å². The maximum Gasteiger partial charge on any atom is 0.279 e. The quantitative estimate of drug-likeness (QED) is 0.157. The maximum absolute atomic E-state index is 13.7. The number of nitrogens with zero attached hydrogens (tertiary/aromatic N) is 9. The molecule has 21 nitrogen and oxygen atoms in total. The molecule has 6 rings (SSSR count). The van der Waals surface area contributed by atoms with E-state index in [9.17, 15) is 44.0 Å². The Morgan fingerprint density at radius 3 is 1.03 bits per heavy atom. The summed E-state index contributed by atoms with van der Waals surface area (Å²) in [6, 6.07) is 14.5. The van der Waals surface area contributed by atoms with Crippen molar-refractivity contribution in [3.8, 4) is 0 Å². The van der Waals surface area contributed by atoms with E-state index in [0.717, 1.165) is 29.9 Å². The minimum atomic E-state index is -3.71. The first-order chi connectivity index (χ1) is 29.0. The predicted molar refractivity (Wildman–Crippen MR) is 241 cm³/mol. The molecule has 336 valence electrons. The van der Waals surface area contributed by atoms with E-state index in [-0.39, 0.29) is 36.6 Å². The Kier molecular flexibility index (Phi) is 16.5. The number of hydrogen-bond donors (Lipinski definition) is 3. The van der Waals surface area contributed by atoms with Gasteiger partial charge in [-0.25, -0.2) is 29.6 Å². The Morgan fingerprint density at radius 2 is 0.778 bits per heavy atom. The standard InChI is InChI=1S/2C11H10BrClN4O3S.C11H10BrFN4O3S/c3*1-6-3-4-8(7(13)5-6)14-11(18)9-10(12)16-17(15-9)21(2,19)20/h3*3-5H,1-2H3,(H,14,18). The summed E-state index contributed by atoms with van der Waals surface area (Å²) in [5, 5.41) is 29.8. The molecule has 3 amide bonds. The highest BCUT2D eigenvalue weighted by molar-refractivity contribution is 9.11. The highest BCUT2D eigenvalue weighted by Crippen LogP contribution is 2.26. The molecule has 3 aromatic carbocycles. The first-order valence-electron chi connectivity index (χ1n) is 16.8. The number of amides is 3. The van der Waals surface area contributed by atoms with Crippen LogP contribution in [-0.4, -0.2) is 105 Å². The van der Waals surface area contributed by atoms with Gasteiger partial charge in [-0.2, -0.15) is 0 Å². The molecule has 0 bridgehead atoms. The van der Waals surface area contributed by atoms with E-state index >= 15 is 0 Å². The summed E-state index contributed by atoms with van der Waals surface area (Å²) in [6.45, 7) is 5.44. The molecule has 0 atom stereocenters. The van der Waals surface area contributed by atoms with E-state index in [1.54, 1.807) is 49.4 Å². The Labute approximate surface area is 393 Å². The van der Waals surface area contributed by atoms with Crippen LogP contribution in [0.5, 0.6) is 0 Å². The van der Waals surface area contributed by atoms with Gasteiger partial charge in [0.25, 0.3) is 47.8 Å². The van der Waals surface area contributed by atoms with Crippen molar-refractivity contribution in [2.24, 2.45) is 0 Å². The summed E-state index contributed by atoms with van der Waals surface area (Å²) < 4.78 is 82.9. The third kappa shape index (κ3) is 13.9. The summed E-state index contributed by atoms with van der Waals surface area (Å²) in [4.78, 5) is 36.2. The number of carbonyl (C=O) groups is 3. The molecule has 6 aromatic rings. The van der Waals surface area contributed by atoms with E-state index < -0.39 is 53.6 Å². The fourth-order valence-corrected chi connectivity index (χ4v) is 7.87. The summed E-state index contributed by atoms with van der Waals surface area (Å²) >= 11 is 21.0. The minimum absolute atomic E-state index is 0.0219. The van der Waals surface area contributed by atoms with Gasteiger partial charge in [-0.3, -0.25) is 14.4 Å². The molecule has 3 aromatic heterocycles. The highest BCUT2D eigenvalue weighted by atomic mass is 79.9. The van der Waals surface area contributed by atoms with Gasteiger partial charge in [0, 0.05) is 0 Å². The number of benzene rings is 3. The SMILES string of the molecule is Cc1ccc(NC(=O)c2nn(S(C)(=O)=O)nc2Br)c(Cl)c1.Cc1ccc(NC(=O)c2nn(S(C)(=O)=O)nc2Br)c(Cl)c1.Cc1ccc(NC(=O)c2nn(S(C)(=O)=O)nc2Br)c(F)c1. The normalized spacial score (nSPS) is 11.4. The van der Waals surface area contributed by atoms with Gasteiger partial charge in [0.1, 0.15) is 5.82 Å². The Bertz CT molecular complexity index is 2790. The monoisotopic (exact) mass is 1160 g/mol. The third-order valence-electron chi connectivity index (χ3n) is 7.32. The van der Waals surface area contributed by atoms with Crippen molar-refractivity contribution in [3.05, 3.63) is 118 Å². The molecule has 63 heavy (non-hydrogen) atoms. The van der Waals surface area contributed by atoms with E-state index in [1.165, 1.54) is 12.1 Å². The summed E-state index contributed by atoms with van der Waals surface area (Å²) in [5.41, 5.74) is 2.78. The molecule has 0 radical (unpaired) electrons. The molecular weight excluding hydrogens is 1130 g/mol. The van der Waals surface area contributed by atoms with Crippen molar-refractivity contribution >= 4 is 136 Å². The molecule has 0 saturated heterocycles. The van der Waals surface area contributed by atoms with Crippen LogP contribution in [0.1, 0.15) is 48.2 Å². The molecule has 3 N–H and O–H groups in total. The fraction of sp³-hybridized carbons (Fsp3) is 0.182. The molecule has 30 heteroatoms. The van der Waals surface area contributed by atoms with Gasteiger partial charge in [-0.15, -0.1) is 30.6 Å². The van der Waals surface area contributed by atoms with Crippen LogP contribution in [0.2, 0.25) is 10.0 Å². The number of carbonyl (C=O) groups excluding carboxylic acids is 3. The fourth-order valence-electron chi connectivity index (χ4n) is 4.39. The summed E-state index contributed by atoms with van der Waals surface area (Å²) in [5.74, 6) is -2.63. The number of rotatable bonds is 9.